The second kappa shape index (κ2) is 12.2. The van der Waals surface area contributed by atoms with Crippen LogP contribution >= 0.6 is 27.7 Å². The highest BCUT2D eigenvalue weighted by atomic mass is 79.9. The summed E-state index contributed by atoms with van der Waals surface area (Å²) in [5.74, 6) is 0.310. The van der Waals surface area contributed by atoms with Gasteiger partial charge in [0.2, 0.25) is 0 Å². The molecule has 0 atom stereocenters. The number of aryl methyl sites for hydroxylation is 1. The molecule has 0 aliphatic carbocycles. The van der Waals surface area contributed by atoms with Crippen molar-refractivity contribution in [2.45, 2.75) is 20.5 Å². The van der Waals surface area contributed by atoms with Crippen LogP contribution in [0.15, 0.2) is 92.4 Å². The fourth-order valence-electron chi connectivity index (χ4n) is 3.68. The fraction of sp³-hybridized carbons (Fsp3) is 0.172. The highest BCUT2D eigenvalue weighted by molar-refractivity contribution is 9.10. The summed E-state index contributed by atoms with van der Waals surface area (Å²) < 4.78 is 17.5. The third kappa shape index (κ3) is 6.45. The number of carbonyl (C=O) groups excluding carboxylic acids is 1. The first kappa shape index (κ1) is 26.6. The molecule has 0 saturated heterocycles. The van der Waals surface area contributed by atoms with Gasteiger partial charge in [-0.3, -0.25) is 0 Å². The van der Waals surface area contributed by atoms with Gasteiger partial charge < -0.3 is 19.3 Å². The molecule has 37 heavy (non-hydrogen) atoms. The van der Waals surface area contributed by atoms with Crippen LogP contribution in [-0.2, 0) is 16.1 Å². The molecule has 0 amide bonds. The number of benzene rings is 3. The van der Waals surface area contributed by atoms with Crippen LogP contribution in [0, 0.1) is 6.92 Å². The van der Waals surface area contributed by atoms with Gasteiger partial charge in [-0.2, -0.15) is 0 Å². The Morgan fingerprint density at radius 3 is 2.59 bits per heavy atom. The van der Waals surface area contributed by atoms with E-state index in [2.05, 4.69) is 27.0 Å². The highest BCUT2D eigenvalue weighted by Crippen LogP contribution is 2.42. The van der Waals surface area contributed by atoms with Crippen molar-refractivity contribution >= 4 is 50.5 Å². The van der Waals surface area contributed by atoms with E-state index in [0.717, 1.165) is 16.7 Å². The number of carbonyl (C=O) groups is 1. The van der Waals surface area contributed by atoms with Crippen molar-refractivity contribution in [2.24, 2.45) is 4.99 Å². The van der Waals surface area contributed by atoms with Crippen LogP contribution in [0.25, 0.3) is 6.08 Å². The van der Waals surface area contributed by atoms with Gasteiger partial charge in [0.1, 0.15) is 23.0 Å². The lowest BCUT2D eigenvalue weighted by molar-refractivity contribution is -0.138. The van der Waals surface area contributed by atoms with Crippen molar-refractivity contribution in [3.8, 4) is 11.5 Å². The standard InChI is InChI=1S/C29H26BrNO5S/c1-4-35-29(33)25-26(32)24(37-28(25)31-21-11-6-5-7-12-21)16-20-14-22(30)27(23(15-20)34-3)36-17-19-10-8-9-18(2)13-19/h5-16,32H,4,17H2,1-3H3/b24-16-,31-28?. The predicted octanol–water partition coefficient (Wildman–Crippen LogP) is 7.54. The molecule has 1 heterocycles. The van der Waals surface area contributed by atoms with Crippen LogP contribution in [0.4, 0.5) is 5.69 Å². The lowest BCUT2D eigenvalue weighted by atomic mass is 10.1. The Labute approximate surface area is 228 Å². The first-order valence-electron chi connectivity index (χ1n) is 11.6. The molecule has 0 fully saturated rings. The molecule has 3 aromatic carbocycles. The summed E-state index contributed by atoms with van der Waals surface area (Å²) in [6, 6.07) is 21.0. The van der Waals surface area contributed by atoms with E-state index in [1.165, 1.54) is 11.8 Å². The zero-order valence-electron chi connectivity index (χ0n) is 20.7. The van der Waals surface area contributed by atoms with Crippen molar-refractivity contribution in [1.82, 2.24) is 0 Å². The van der Waals surface area contributed by atoms with Crippen molar-refractivity contribution in [1.29, 1.82) is 0 Å². The molecule has 1 aliphatic rings. The molecule has 4 rings (SSSR count). The Hall–Kier alpha value is -3.49. The van der Waals surface area contributed by atoms with E-state index >= 15 is 0 Å². The Balaban J connectivity index is 1.66. The first-order valence-corrected chi connectivity index (χ1v) is 13.2. The SMILES string of the molecule is CCOC(=O)C1=C(O)/C(=C/c2cc(Br)c(OCc3cccc(C)c3)c(OC)c2)SC1=Nc1ccccc1. The number of aliphatic imine (C=N–C) groups is 1. The topological polar surface area (TPSA) is 77.4 Å². The van der Waals surface area contributed by atoms with Gasteiger partial charge >= 0.3 is 5.97 Å². The molecule has 8 heteroatoms. The van der Waals surface area contributed by atoms with E-state index in [4.69, 9.17) is 14.2 Å². The van der Waals surface area contributed by atoms with E-state index in [1.807, 2.05) is 67.6 Å². The monoisotopic (exact) mass is 579 g/mol. The number of nitrogens with zero attached hydrogens (tertiary/aromatic N) is 1. The van der Waals surface area contributed by atoms with E-state index in [9.17, 15) is 9.90 Å². The molecular formula is C29H26BrNO5S. The van der Waals surface area contributed by atoms with Crippen molar-refractivity contribution in [3.63, 3.8) is 0 Å². The maximum Gasteiger partial charge on any atom is 0.344 e. The second-order valence-corrected chi connectivity index (χ2v) is 10.0. The number of ether oxygens (including phenoxy) is 3. The van der Waals surface area contributed by atoms with E-state index in [1.54, 1.807) is 20.1 Å². The van der Waals surface area contributed by atoms with Gasteiger partial charge in [0, 0.05) is 0 Å². The molecule has 0 spiro atoms. The van der Waals surface area contributed by atoms with Crippen LogP contribution in [0.5, 0.6) is 11.5 Å². The molecule has 1 aliphatic heterocycles. The maximum atomic E-state index is 12.7. The minimum absolute atomic E-state index is 0.0473. The number of hydrogen-bond acceptors (Lipinski definition) is 7. The number of esters is 1. The van der Waals surface area contributed by atoms with E-state index in [-0.39, 0.29) is 17.9 Å². The molecule has 0 radical (unpaired) electrons. The van der Waals surface area contributed by atoms with Crippen LogP contribution in [-0.4, -0.2) is 29.8 Å². The van der Waals surface area contributed by atoms with Crippen LogP contribution < -0.4 is 9.47 Å². The zero-order valence-corrected chi connectivity index (χ0v) is 23.1. The lowest BCUT2D eigenvalue weighted by Gasteiger charge is -2.14. The van der Waals surface area contributed by atoms with Crippen LogP contribution in [0.3, 0.4) is 0 Å². The number of halogens is 1. The summed E-state index contributed by atoms with van der Waals surface area (Å²) in [4.78, 5) is 17.7. The van der Waals surface area contributed by atoms with Gasteiger partial charge in [0.25, 0.3) is 0 Å². The minimum Gasteiger partial charge on any atom is -0.506 e. The number of thioether (sulfide) groups is 1. The molecule has 6 nitrogen and oxygen atoms in total. The largest absolute Gasteiger partial charge is 0.506 e. The Morgan fingerprint density at radius 1 is 1.11 bits per heavy atom. The number of para-hydroxylation sites is 1. The number of methoxy groups -OCH3 is 1. The number of aliphatic hydroxyl groups excluding tert-OH is 1. The molecule has 3 aromatic rings. The van der Waals surface area contributed by atoms with Gasteiger partial charge in [0.15, 0.2) is 11.5 Å². The summed E-state index contributed by atoms with van der Waals surface area (Å²) in [7, 11) is 1.57. The van der Waals surface area contributed by atoms with Gasteiger partial charge in [-0.15, -0.1) is 0 Å². The highest BCUT2D eigenvalue weighted by Gasteiger charge is 2.33. The third-order valence-electron chi connectivity index (χ3n) is 5.37. The smallest absolute Gasteiger partial charge is 0.344 e. The summed E-state index contributed by atoms with van der Waals surface area (Å²) in [5, 5.41) is 11.4. The van der Waals surface area contributed by atoms with Crippen LogP contribution in [0.2, 0.25) is 0 Å². The number of aliphatic hydroxyl groups is 1. The normalized spacial score (nSPS) is 15.4. The van der Waals surface area contributed by atoms with Gasteiger partial charge in [-0.1, -0.05) is 59.8 Å². The lowest BCUT2D eigenvalue weighted by Crippen LogP contribution is -2.12. The molecular weight excluding hydrogens is 554 g/mol. The van der Waals surface area contributed by atoms with E-state index < -0.39 is 5.97 Å². The molecule has 0 bridgehead atoms. The second-order valence-electron chi connectivity index (χ2n) is 8.12. The summed E-state index contributed by atoms with van der Waals surface area (Å²) in [6.45, 7) is 4.33. The quantitative estimate of drug-likeness (QED) is 0.278. The van der Waals surface area contributed by atoms with Gasteiger partial charge in [-0.25, -0.2) is 9.79 Å². The van der Waals surface area contributed by atoms with Crippen molar-refractivity contribution in [3.05, 3.63) is 104 Å². The van der Waals surface area contributed by atoms with Crippen molar-refractivity contribution in [2.75, 3.05) is 13.7 Å². The third-order valence-corrected chi connectivity index (χ3v) is 6.98. The Morgan fingerprint density at radius 2 is 1.89 bits per heavy atom. The zero-order chi connectivity index (χ0) is 26.4. The Bertz CT molecular complexity index is 1400. The summed E-state index contributed by atoms with van der Waals surface area (Å²) in [6.07, 6.45) is 1.77. The molecule has 1 N–H and O–H groups in total. The van der Waals surface area contributed by atoms with Crippen LogP contribution in [0.1, 0.15) is 23.6 Å². The van der Waals surface area contributed by atoms with Crippen molar-refractivity contribution < 1.29 is 24.1 Å². The van der Waals surface area contributed by atoms with E-state index in [0.29, 0.717) is 38.2 Å². The first-order chi connectivity index (χ1) is 17.9. The number of hydrogen-bond donors (Lipinski definition) is 1. The fourth-order valence-corrected chi connectivity index (χ4v) is 5.29. The molecule has 0 unspecified atom stereocenters. The molecule has 0 saturated carbocycles. The molecule has 190 valence electrons. The summed E-state index contributed by atoms with van der Waals surface area (Å²) in [5.41, 5.74) is 3.67. The maximum absolute atomic E-state index is 12.7. The summed E-state index contributed by atoms with van der Waals surface area (Å²) >= 11 is 4.79. The number of rotatable bonds is 8. The molecule has 0 aromatic heterocycles. The average molecular weight is 581 g/mol. The van der Waals surface area contributed by atoms with Gasteiger partial charge in [0.05, 0.1) is 28.8 Å². The minimum atomic E-state index is -0.621. The Kier molecular flexibility index (Phi) is 8.74. The van der Waals surface area contributed by atoms with Gasteiger partial charge in [-0.05, 0) is 71.2 Å². The predicted molar refractivity (Wildman–Crippen MR) is 152 cm³/mol. The average Bonchev–Trinajstić information content (AvgIpc) is 3.18.